The van der Waals surface area contributed by atoms with Gasteiger partial charge in [0.05, 0.1) is 14.2 Å². The zero-order valence-corrected chi connectivity index (χ0v) is 13.0. The number of hydrogen-bond acceptors (Lipinski definition) is 4. The van der Waals surface area contributed by atoms with E-state index in [0.29, 0.717) is 6.04 Å². The van der Waals surface area contributed by atoms with Crippen LogP contribution in [0.2, 0.25) is 0 Å². The minimum atomic E-state index is 0.417. The zero-order chi connectivity index (χ0) is 14.4. The molecule has 1 atom stereocenters. The molecule has 0 saturated carbocycles. The highest BCUT2D eigenvalue weighted by Gasteiger charge is 2.08. The Balaban J connectivity index is 1.95. The number of hydrogen-bond donors (Lipinski definition) is 1. The molecule has 0 aliphatic rings. The van der Waals surface area contributed by atoms with E-state index < -0.39 is 0 Å². The molecule has 0 bridgehead atoms. The van der Waals surface area contributed by atoms with Gasteiger partial charge < -0.3 is 14.8 Å². The smallest absolute Gasteiger partial charge is 0.123 e. The molecule has 20 heavy (non-hydrogen) atoms. The summed E-state index contributed by atoms with van der Waals surface area (Å²) in [6.07, 6.45) is 1.04. The van der Waals surface area contributed by atoms with Crippen LogP contribution in [0.1, 0.15) is 18.1 Å². The normalized spacial score (nSPS) is 12.2. The average molecular weight is 291 g/mol. The monoisotopic (exact) mass is 291 g/mol. The Bertz CT molecular complexity index is 525. The minimum absolute atomic E-state index is 0.417. The van der Waals surface area contributed by atoms with Gasteiger partial charge in [-0.05, 0) is 53.9 Å². The van der Waals surface area contributed by atoms with Gasteiger partial charge in [0, 0.05) is 18.2 Å². The van der Waals surface area contributed by atoms with E-state index in [1.54, 1.807) is 25.6 Å². The largest absolute Gasteiger partial charge is 0.497 e. The van der Waals surface area contributed by atoms with Gasteiger partial charge in [-0.25, -0.2) is 0 Å². The van der Waals surface area contributed by atoms with Crippen molar-refractivity contribution in [3.05, 3.63) is 46.2 Å². The van der Waals surface area contributed by atoms with Crippen molar-refractivity contribution >= 4 is 11.3 Å². The first-order valence-electron chi connectivity index (χ1n) is 6.68. The van der Waals surface area contributed by atoms with Crippen LogP contribution in [0.3, 0.4) is 0 Å². The predicted octanol–water partition coefficient (Wildman–Crippen LogP) is 3.49. The van der Waals surface area contributed by atoms with Crippen LogP contribution in [0.4, 0.5) is 0 Å². The van der Waals surface area contributed by atoms with E-state index in [-0.39, 0.29) is 0 Å². The van der Waals surface area contributed by atoms with Crippen LogP contribution in [0.25, 0.3) is 0 Å². The van der Waals surface area contributed by atoms with E-state index in [0.717, 1.165) is 30.0 Å². The summed E-state index contributed by atoms with van der Waals surface area (Å²) in [5, 5.41) is 7.85. The Labute approximate surface area is 124 Å². The molecule has 108 valence electrons. The molecule has 0 saturated heterocycles. The number of ether oxygens (including phenoxy) is 2. The van der Waals surface area contributed by atoms with E-state index in [1.807, 2.05) is 18.2 Å². The third-order valence-electron chi connectivity index (χ3n) is 3.25. The molecule has 0 aliphatic heterocycles. The summed E-state index contributed by atoms with van der Waals surface area (Å²) in [4.78, 5) is 0. The molecule has 0 spiro atoms. The fourth-order valence-corrected chi connectivity index (χ4v) is 2.82. The summed E-state index contributed by atoms with van der Waals surface area (Å²) in [6, 6.07) is 8.47. The van der Waals surface area contributed by atoms with Crippen molar-refractivity contribution in [1.29, 1.82) is 0 Å². The third kappa shape index (κ3) is 3.99. The van der Waals surface area contributed by atoms with Crippen molar-refractivity contribution in [2.45, 2.75) is 25.9 Å². The lowest BCUT2D eigenvalue weighted by atomic mass is 10.1. The maximum absolute atomic E-state index is 5.39. The van der Waals surface area contributed by atoms with Crippen LogP contribution < -0.4 is 14.8 Å². The summed E-state index contributed by atoms with van der Waals surface area (Å²) >= 11 is 1.74. The quantitative estimate of drug-likeness (QED) is 0.847. The molecule has 3 nitrogen and oxygen atoms in total. The highest BCUT2D eigenvalue weighted by molar-refractivity contribution is 7.07. The molecule has 1 aromatic carbocycles. The molecule has 1 unspecified atom stereocenters. The number of thiophene rings is 1. The van der Waals surface area contributed by atoms with E-state index in [2.05, 4.69) is 29.1 Å². The molecule has 4 heteroatoms. The van der Waals surface area contributed by atoms with Gasteiger partial charge >= 0.3 is 0 Å². The van der Waals surface area contributed by atoms with Crippen LogP contribution in [0, 0.1) is 0 Å². The summed E-state index contributed by atoms with van der Waals surface area (Å²) in [6.45, 7) is 2.97. The van der Waals surface area contributed by atoms with Gasteiger partial charge in [0.25, 0.3) is 0 Å². The maximum atomic E-state index is 5.39. The van der Waals surface area contributed by atoms with Crippen LogP contribution in [-0.2, 0) is 13.0 Å². The van der Waals surface area contributed by atoms with Crippen molar-refractivity contribution in [2.75, 3.05) is 14.2 Å². The Morgan fingerprint density at radius 2 is 2.05 bits per heavy atom. The van der Waals surface area contributed by atoms with Gasteiger partial charge in [-0.1, -0.05) is 0 Å². The van der Waals surface area contributed by atoms with Crippen molar-refractivity contribution in [3.8, 4) is 11.5 Å². The molecule has 1 heterocycles. The Morgan fingerprint density at radius 3 is 2.70 bits per heavy atom. The van der Waals surface area contributed by atoms with E-state index >= 15 is 0 Å². The summed E-state index contributed by atoms with van der Waals surface area (Å²) in [5.74, 6) is 1.74. The topological polar surface area (TPSA) is 30.5 Å². The van der Waals surface area contributed by atoms with Crippen LogP contribution >= 0.6 is 11.3 Å². The fourth-order valence-electron chi connectivity index (χ4n) is 2.14. The standard InChI is InChI=1S/C16H21NO2S/c1-12(8-13-6-7-20-11-13)17-10-14-9-15(18-2)4-5-16(14)19-3/h4-7,9,11-12,17H,8,10H2,1-3H3. The minimum Gasteiger partial charge on any atom is -0.497 e. The zero-order valence-electron chi connectivity index (χ0n) is 12.2. The summed E-state index contributed by atoms with van der Waals surface area (Å²) in [7, 11) is 3.37. The Hall–Kier alpha value is -1.52. The predicted molar refractivity (Wildman–Crippen MR) is 83.9 cm³/mol. The highest BCUT2D eigenvalue weighted by atomic mass is 32.1. The number of nitrogens with one attached hydrogen (secondary N) is 1. The fraction of sp³-hybridized carbons (Fsp3) is 0.375. The SMILES string of the molecule is COc1ccc(OC)c(CNC(C)Cc2ccsc2)c1. The lowest BCUT2D eigenvalue weighted by Gasteiger charge is -2.15. The lowest BCUT2D eigenvalue weighted by Crippen LogP contribution is -2.27. The molecule has 2 aromatic rings. The maximum Gasteiger partial charge on any atom is 0.123 e. The second-order valence-corrected chi connectivity index (χ2v) is 5.58. The second-order valence-electron chi connectivity index (χ2n) is 4.80. The van der Waals surface area contributed by atoms with Gasteiger partial charge in [0.2, 0.25) is 0 Å². The van der Waals surface area contributed by atoms with Gasteiger partial charge in [-0.3, -0.25) is 0 Å². The number of benzene rings is 1. The van der Waals surface area contributed by atoms with Gasteiger partial charge in [0.1, 0.15) is 11.5 Å². The molecule has 2 rings (SSSR count). The van der Waals surface area contributed by atoms with E-state index in [1.165, 1.54) is 5.56 Å². The Morgan fingerprint density at radius 1 is 1.20 bits per heavy atom. The molecule has 1 aromatic heterocycles. The molecule has 0 fully saturated rings. The molecule has 0 amide bonds. The van der Waals surface area contributed by atoms with Gasteiger partial charge in [0.15, 0.2) is 0 Å². The summed E-state index contributed by atoms with van der Waals surface area (Å²) in [5.41, 5.74) is 2.50. The van der Waals surface area contributed by atoms with Gasteiger partial charge in [-0.15, -0.1) is 0 Å². The number of methoxy groups -OCH3 is 2. The molecule has 0 aliphatic carbocycles. The van der Waals surface area contributed by atoms with Crippen molar-refractivity contribution < 1.29 is 9.47 Å². The van der Waals surface area contributed by atoms with E-state index in [4.69, 9.17) is 9.47 Å². The van der Waals surface area contributed by atoms with Crippen LogP contribution in [0.5, 0.6) is 11.5 Å². The first-order valence-corrected chi connectivity index (χ1v) is 7.62. The van der Waals surface area contributed by atoms with Crippen LogP contribution in [0.15, 0.2) is 35.0 Å². The summed E-state index contributed by atoms with van der Waals surface area (Å²) < 4.78 is 10.7. The third-order valence-corrected chi connectivity index (χ3v) is 3.98. The van der Waals surface area contributed by atoms with Crippen molar-refractivity contribution in [3.63, 3.8) is 0 Å². The van der Waals surface area contributed by atoms with Crippen molar-refractivity contribution in [1.82, 2.24) is 5.32 Å². The second kappa shape index (κ2) is 7.31. The molecule has 0 radical (unpaired) electrons. The average Bonchev–Trinajstić information content (AvgIpc) is 2.97. The first kappa shape index (κ1) is 14.9. The van der Waals surface area contributed by atoms with Gasteiger partial charge in [-0.2, -0.15) is 11.3 Å². The number of rotatable bonds is 7. The molecular formula is C16H21NO2S. The van der Waals surface area contributed by atoms with E-state index in [9.17, 15) is 0 Å². The van der Waals surface area contributed by atoms with Crippen molar-refractivity contribution in [2.24, 2.45) is 0 Å². The van der Waals surface area contributed by atoms with Crippen LogP contribution in [-0.4, -0.2) is 20.3 Å². The first-order chi connectivity index (χ1) is 9.72. The molecular weight excluding hydrogens is 270 g/mol. The lowest BCUT2D eigenvalue weighted by molar-refractivity contribution is 0.395. The highest BCUT2D eigenvalue weighted by Crippen LogP contribution is 2.24. The Kier molecular flexibility index (Phi) is 5.44. The molecule has 1 N–H and O–H groups in total.